The molecular formula is C12H17ClN2O3S. The summed E-state index contributed by atoms with van der Waals surface area (Å²) in [5.74, 6) is 0. The second-order valence-corrected chi connectivity index (χ2v) is 6.55. The van der Waals surface area contributed by atoms with Gasteiger partial charge in [-0.15, -0.1) is 0 Å². The van der Waals surface area contributed by atoms with Gasteiger partial charge in [0.25, 0.3) is 0 Å². The third-order valence-corrected chi connectivity index (χ3v) is 5.11. The normalized spacial score (nSPS) is 17.4. The number of nitrogens with one attached hydrogen (secondary N) is 1. The summed E-state index contributed by atoms with van der Waals surface area (Å²) in [5.41, 5.74) is 0.805. The topological polar surface area (TPSA) is 69.6 Å². The minimum atomic E-state index is -3.57. The molecule has 7 heteroatoms. The van der Waals surface area contributed by atoms with Crippen molar-refractivity contribution in [2.75, 3.05) is 17.8 Å². The largest absolute Gasteiger partial charge is 0.392 e. The molecule has 0 aromatic heterocycles. The van der Waals surface area contributed by atoms with Gasteiger partial charge < -0.3 is 5.11 Å². The molecule has 1 aromatic carbocycles. The van der Waals surface area contributed by atoms with E-state index in [0.717, 1.165) is 19.3 Å². The van der Waals surface area contributed by atoms with Gasteiger partial charge in [0.05, 0.1) is 17.3 Å². The monoisotopic (exact) mass is 304 g/mol. The van der Waals surface area contributed by atoms with Gasteiger partial charge in [-0.25, -0.2) is 0 Å². The van der Waals surface area contributed by atoms with Crippen molar-refractivity contribution in [3.8, 4) is 0 Å². The van der Waals surface area contributed by atoms with Crippen LogP contribution >= 0.6 is 11.6 Å². The molecule has 1 aliphatic rings. The Kier molecular flexibility index (Phi) is 4.67. The van der Waals surface area contributed by atoms with Crippen LogP contribution in [0.4, 0.5) is 5.69 Å². The molecule has 106 valence electrons. The van der Waals surface area contributed by atoms with E-state index in [1.807, 2.05) is 0 Å². The number of anilines is 1. The highest BCUT2D eigenvalue weighted by molar-refractivity contribution is 7.90. The van der Waals surface area contributed by atoms with Gasteiger partial charge in [0.2, 0.25) is 0 Å². The maximum absolute atomic E-state index is 12.2. The van der Waals surface area contributed by atoms with Crippen LogP contribution in [0, 0.1) is 0 Å². The zero-order valence-electron chi connectivity index (χ0n) is 10.5. The van der Waals surface area contributed by atoms with Crippen LogP contribution in [0.5, 0.6) is 0 Å². The number of hydrogen-bond donors (Lipinski definition) is 2. The predicted molar refractivity (Wildman–Crippen MR) is 75.3 cm³/mol. The first kappa shape index (κ1) is 14.6. The first-order valence-corrected chi connectivity index (χ1v) is 8.02. The van der Waals surface area contributed by atoms with E-state index in [1.54, 1.807) is 18.2 Å². The molecule has 0 unspecified atom stereocenters. The van der Waals surface area contributed by atoms with E-state index in [1.165, 1.54) is 4.31 Å². The molecular weight excluding hydrogens is 288 g/mol. The summed E-state index contributed by atoms with van der Waals surface area (Å²) < 4.78 is 28.3. The smallest absolute Gasteiger partial charge is 0.301 e. The van der Waals surface area contributed by atoms with E-state index in [4.69, 9.17) is 16.7 Å². The second kappa shape index (κ2) is 6.09. The number of aliphatic hydroxyl groups is 1. The summed E-state index contributed by atoms with van der Waals surface area (Å²) in [6.45, 7) is 0.845. The molecule has 0 radical (unpaired) electrons. The SMILES string of the molecule is O=S(=O)(Nc1cccc(CO)c1Cl)N1CCCCC1. The van der Waals surface area contributed by atoms with Gasteiger partial charge in [0.1, 0.15) is 0 Å². The molecule has 0 atom stereocenters. The van der Waals surface area contributed by atoms with Crippen LogP contribution in [-0.2, 0) is 16.8 Å². The quantitative estimate of drug-likeness (QED) is 0.893. The molecule has 0 amide bonds. The zero-order chi connectivity index (χ0) is 13.9. The van der Waals surface area contributed by atoms with Gasteiger partial charge >= 0.3 is 10.2 Å². The number of nitrogens with zero attached hydrogens (tertiary/aromatic N) is 1. The maximum atomic E-state index is 12.2. The fraction of sp³-hybridized carbons (Fsp3) is 0.500. The molecule has 0 spiro atoms. The maximum Gasteiger partial charge on any atom is 0.301 e. The molecule has 0 saturated carbocycles. The molecule has 1 aliphatic heterocycles. The molecule has 1 heterocycles. The molecule has 0 bridgehead atoms. The van der Waals surface area contributed by atoms with Crippen LogP contribution in [-0.4, -0.2) is 30.9 Å². The summed E-state index contributed by atoms with van der Waals surface area (Å²) >= 11 is 6.05. The van der Waals surface area contributed by atoms with E-state index >= 15 is 0 Å². The lowest BCUT2D eigenvalue weighted by Crippen LogP contribution is -2.39. The Morgan fingerprint density at radius 2 is 1.95 bits per heavy atom. The van der Waals surface area contributed by atoms with E-state index < -0.39 is 10.2 Å². The lowest BCUT2D eigenvalue weighted by atomic mass is 10.2. The summed E-state index contributed by atoms with van der Waals surface area (Å²) in [6.07, 6.45) is 2.82. The van der Waals surface area contributed by atoms with Crippen molar-refractivity contribution >= 4 is 27.5 Å². The van der Waals surface area contributed by atoms with Gasteiger partial charge in [0.15, 0.2) is 0 Å². The van der Waals surface area contributed by atoms with Gasteiger partial charge in [-0.2, -0.15) is 12.7 Å². The van der Waals surface area contributed by atoms with E-state index in [9.17, 15) is 8.42 Å². The highest BCUT2D eigenvalue weighted by Crippen LogP contribution is 2.27. The Labute approximate surface area is 118 Å². The van der Waals surface area contributed by atoms with Gasteiger partial charge in [-0.1, -0.05) is 30.2 Å². The highest BCUT2D eigenvalue weighted by atomic mass is 35.5. The van der Waals surface area contributed by atoms with Crippen LogP contribution in [0.3, 0.4) is 0 Å². The first-order valence-electron chi connectivity index (χ1n) is 6.21. The van der Waals surface area contributed by atoms with Crippen molar-refractivity contribution in [3.05, 3.63) is 28.8 Å². The molecule has 0 aliphatic carbocycles. The minimum absolute atomic E-state index is 0.224. The van der Waals surface area contributed by atoms with E-state index in [2.05, 4.69) is 4.72 Å². The highest BCUT2D eigenvalue weighted by Gasteiger charge is 2.24. The standard InChI is InChI=1S/C12H17ClN2O3S/c13-12-10(9-16)5-4-6-11(12)14-19(17,18)15-7-2-1-3-8-15/h4-6,14,16H,1-3,7-9H2. The molecule has 1 fully saturated rings. The van der Waals surface area contributed by atoms with Gasteiger partial charge in [0, 0.05) is 13.1 Å². The second-order valence-electron chi connectivity index (χ2n) is 4.50. The molecule has 2 rings (SSSR count). The van der Waals surface area contributed by atoms with Crippen molar-refractivity contribution < 1.29 is 13.5 Å². The summed E-state index contributed by atoms with van der Waals surface area (Å²) in [5, 5.41) is 9.36. The molecule has 1 saturated heterocycles. The molecule has 5 nitrogen and oxygen atoms in total. The Bertz CT molecular complexity index is 542. The van der Waals surface area contributed by atoms with E-state index in [-0.39, 0.29) is 11.6 Å². The fourth-order valence-corrected chi connectivity index (χ4v) is 3.69. The average Bonchev–Trinajstić information content (AvgIpc) is 2.42. The van der Waals surface area contributed by atoms with Crippen molar-refractivity contribution in [1.29, 1.82) is 0 Å². The number of aliphatic hydroxyl groups excluding tert-OH is 1. The molecule has 19 heavy (non-hydrogen) atoms. The van der Waals surface area contributed by atoms with Gasteiger partial charge in [-0.3, -0.25) is 4.72 Å². The number of rotatable bonds is 4. The lowest BCUT2D eigenvalue weighted by Gasteiger charge is -2.26. The molecule has 1 aromatic rings. The summed E-state index contributed by atoms with van der Waals surface area (Å²) in [4.78, 5) is 0. The fourth-order valence-electron chi connectivity index (χ4n) is 2.09. The van der Waals surface area contributed by atoms with Crippen molar-refractivity contribution in [3.63, 3.8) is 0 Å². The van der Waals surface area contributed by atoms with Crippen molar-refractivity contribution in [1.82, 2.24) is 4.31 Å². The Hall–Kier alpha value is -0.820. The third kappa shape index (κ3) is 3.39. The average molecular weight is 305 g/mol. The Morgan fingerprint density at radius 1 is 1.26 bits per heavy atom. The van der Waals surface area contributed by atoms with Gasteiger partial charge in [-0.05, 0) is 24.5 Å². The van der Waals surface area contributed by atoms with Crippen LogP contribution < -0.4 is 4.72 Å². The Morgan fingerprint density at radius 3 is 2.58 bits per heavy atom. The summed E-state index contributed by atoms with van der Waals surface area (Å²) in [6, 6.07) is 4.90. The number of halogens is 1. The van der Waals surface area contributed by atoms with Crippen LogP contribution in [0.25, 0.3) is 0 Å². The predicted octanol–water partition coefficient (Wildman–Crippen LogP) is 1.97. The van der Waals surface area contributed by atoms with Crippen LogP contribution in [0.1, 0.15) is 24.8 Å². The zero-order valence-corrected chi connectivity index (χ0v) is 12.0. The van der Waals surface area contributed by atoms with Crippen LogP contribution in [0.2, 0.25) is 5.02 Å². The number of piperidine rings is 1. The van der Waals surface area contributed by atoms with Crippen molar-refractivity contribution in [2.24, 2.45) is 0 Å². The lowest BCUT2D eigenvalue weighted by molar-refractivity contribution is 0.282. The third-order valence-electron chi connectivity index (χ3n) is 3.14. The van der Waals surface area contributed by atoms with E-state index in [0.29, 0.717) is 24.3 Å². The summed E-state index contributed by atoms with van der Waals surface area (Å²) in [7, 11) is -3.57. The van der Waals surface area contributed by atoms with Crippen molar-refractivity contribution in [2.45, 2.75) is 25.9 Å². The number of benzene rings is 1. The first-order chi connectivity index (χ1) is 9.04. The minimum Gasteiger partial charge on any atom is -0.392 e. The van der Waals surface area contributed by atoms with Crippen LogP contribution in [0.15, 0.2) is 18.2 Å². The number of hydrogen-bond acceptors (Lipinski definition) is 3. The molecule has 2 N–H and O–H groups in total. The Balaban J connectivity index is 2.20.